The smallest absolute Gasteiger partial charge is 0.326 e. The minimum absolute atomic E-state index is 0.179. The SMILES string of the molecule is NC(=O)CC(NC(=O)C(CO)NC(=O)C(N)CCC(=O)O)C(=O)NC(Cc1cnc[nH]1)C(=O)O. The van der Waals surface area contributed by atoms with Crippen LogP contribution in [0.15, 0.2) is 12.5 Å². The molecule has 34 heavy (non-hydrogen) atoms. The summed E-state index contributed by atoms with van der Waals surface area (Å²) in [5.74, 6) is -6.67. The van der Waals surface area contributed by atoms with E-state index in [-0.39, 0.29) is 12.8 Å². The summed E-state index contributed by atoms with van der Waals surface area (Å²) >= 11 is 0. The van der Waals surface area contributed by atoms with Crippen molar-refractivity contribution in [3.05, 3.63) is 18.2 Å². The number of imidazole rings is 1. The zero-order valence-corrected chi connectivity index (χ0v) is 17.9. The Morgan fingerprint density at radius 1 is 0.971 bits per heavy atom. The van der Waals surface area contributed by atoms with Crippen molar-refractivity contribution in [2.45, 2.75) is 49.9 Å². The molecular formula is C18H27N7O9. The highest BCUT2D eigenvalue weighted by molar-refractivity contribution is 5.96. The van der Waals surface area contributed by atoms with Gasteiger partial charge in [-0.1, -0.05) is 0 Å². The maximum Gasteiger partial charge on any atom is 0.326 e. The molecule has 0 aromatic carbocycles. The fraction of sp³-hybridized carbons (Fsp3) is 0.500. The number of aliphatic hydroxyl groups excluding tert-OH is 1. The maximum atomic E-state index is 12.6. The molecule has 4 unspecified atom stereocenters. The van der Waals surface area contributed by atoms with E-state index in [4.69, 9.17) is 16.6 Å². The highest BCUT2D eigenvalue weighted by Crippen LogP contribution is 2.02. The van der Waals surface area contributed by atoms with Crippen molar-refractivity contribution in [1.29, 1.82) is 0 Å². The summed E-state index contributed by atoms with van der Waals surface area (Å²) in [6.07, 6.45) is 1.12. The Labute approximate surface area is 192 Å². The van der Waals surface area contributed by atoms with Crippen LogP contribution in [0.25, 0.3) is 0 Å². The molecule has 16 heteroatoms. The summed E-state index contributed by atoms with van der Waals surface area (Å²) in [6, 6.07) is -5.96. The Kier molecular flexibility index (Phi) is 11.1. The van der Waals surface area contributed by atoms with Crippen LogP contribution in [0.1, 0.15) is 25.0 Å². The van der Waals surface area contributed by atoms with Gasteiger partial charge >= 0.3 is 11.9 Å². The Balaban J connectivity index is 2.85. The van der Waals surface area contributed by atoms with Crippen LogP contribution in [0, 0.1) is 0 Å². The number of H-pyrrole nitrogens is 1. The van der Waals surface area contributed by atoms with Crippen LogP contribution in [0.2, 0.25) is 0 Å². The van der Waals surface area contributed by atoms with Crippen molar-refractivity contribution >= 4 is 35.6 Å². The van der Waals surface area contributed by atoms with E-state index >= 15 is 0 Å². The second kappa shape index (κ2) is 13.5. The van der Waals surface area contributed by atoms with Gasteiger partial charge in [0.15, 0.2) is 0 Å². The van der Waals surface area contributed by atoms with Gasteiger partial charge < -0.3 is 47.7 Å². The number of aromatic nitrogens is 2. The van der Waals surface area contributed by atoms with E-state index in [0.717, 1.165) is 0 Å². The third kappa shape index (κ3) is 9.61. The van der Waals surface area contributed by atoms with Crippen molar-refractivity contribution in [3.63, 3.8) is 0 Å². The van der Waals surface area contributed by atoms with Crippen LogP contribution < -0.4 is 27.4 Å². The van der Waals surface area contributed by atoms with Gasteiger partial charge in [-0.25, -0.2) is 9.78 Å². The summed E-state index contributed by atoms with van der Waals surface area (Å²) in [7, 11) is 0. The number of carboxylic acid groups (broad SMARTS) is 2. The highest BCUT2D eigenvalue weighted by atomic mass is 16.4. The molecule has 1 heterocycles. The molecule has 188 valence electrons. The number of hydrogen-bond donors (Lipinski definition) is 9. The summed E-state index contributed by atoms with van der Waals surface area (Å²) in [5, 5.41) is 33.9. The number of hydrogen-bond acceptors (Lipinski definition) is 9. The van der Waals surface area contributed by atoms with E-state index in [1.807, 2.05) is 0 Å². The predicted molar refractivity (Wildman–Crippen MR) is 111 cm³/mol. The normalized spacial score (nSPS) is 14.2. The minimum atomic E-state index is -1.62. The van der Waals surface area contributed by atoms with E-state index < -0.39 is 79.2 Å². The van der Waals surface area contributed by atoms with Crippen molar-refractivity contribution in [1.82, 2.24) is 25.9 Å². The molecule has 0 fully saturated rings. The number of rotatable bonds is 15. The summed E-state index contributed by atoms with van der Waals surface area (Å²) in [6.45, 7) is -0.925. The average Bonchev–Trinajstić information content (AvgIpc) is 3.27. The van der Waals surface area contributed by atoms with Crippen LogP contribution >= 0.6 is 0 Å². The first kappa shape index (κ1) is 28.0. The number of primary amides is 1. The number of carbonyl (C=O) groups excluding carboxylic acids is 4. The largest absolute Gasteiger partial charge is 0.481 e. The van der Waals surface area contributed by atoms with Crippen LogP contribution in [0.4, 0.5) is 0 Å². The quantitative estimate of drug-likeness (QED) is 0.114. The first-order chi connectivity index (χ1) is 15.9. The van der Waals surface area contributed by atoms with Crippen molar-refractivity contribution in [2.75, 3.05) is 6.61 Å². The first-order valence-corrected chi connectivity index (χ1v) is 9.92. The van der Waals surface area contributed by atoms with Crippen molar-refractivity contribution < 1.29 is 44.1 Å². The molecule has 0 spiro atoms. The van der Waals surface area contributed by atoms with Crippen LogP contribution in [-0.4, -0.2) is 91.6 Å². The number of aliphatic hydroxyl groups is 1. The number of carboxylic acids is 2. The Bertz CT molecular complexity index is 890. The van der Waals surface area contributed by atoms with Gasteiger partial charge in [-0.15, -0.1) is 0 Å². The van der Waals surface area contributed by atoms with Gasteiger partial charge in [0.25, 0.3) is 0 Å². The molecule has 1 rings (SSSR count). The molecule has 11 N–H and O–H groups in total. The Morgan fingerprint density at radius 2 is 1.56 bits per heavy atom. The lowest BCUT2D eigenvalue weighted by Crippen LogP contribution is -2.58. The van der Waals surface area contributed by atoms with Crippen LogP contribution in [0.5, 0.6) is 0 Å². The lowest BCUT2D eigenvalue weighted by molar-refractivity contribution is -0.142. The number of carbonyl (C=O) groups is 6. The number of aromatic amines is 1. The highest BCUT2D eigenvalue weighted by Gasteiger charge is 2.31. The van der Waals surface area contributed by atoms with Crippen molar-refractivity contribution in [3.8, 4) is 0 Å². The topological polar surface area (TPSA) is 280 Å². The van der Waals surface area contributed by atoms with Gasteiger partial charge in [0.2, 0.25) is 23.6 Å². The lowest BCUT2D eigenvalue weighted by Gasteiger charge is -2.23. The zero-order valence-electron chi connectivity index (χ0n) is 17.9. The van der Waals surface area contributed by atoms with E-state index in [9.17, 15) is 39.0 Å². The number of nitrogens with zero attached hydrogens (tertiary/aromatic N) is 1. The summed E-state index contributed by atoms with van der Waals surface area (Å²) in [5.41, 5.74) is 11.1. The van der Waals surface area contributed by atoms with Crippen LogP contribution in [-0.2, 0) is 35.2 Å². The summed E-state index contributed by atoms with van der Waals surface area (Å²) in [4.78, 5) is 77.0. The third-order valence-corrected chi connectivity index (χ3v) is 4.45. The van der Waals surface area contributed by atoms with E-state index in [1.165, 1.54) is 12.5 Å². The van der Waals surface area contributed by atoms with Gasteiger partial charge in [0.1, 0.15) is 18.1 Å². The molecule has 0 saturated heterocycles. The molecule has 0 aliphatic heterocycles. The van der Waals surface area contributed by atoms with E-state index in [1.54, 1.807) is 0 Å². The molecule has 1 aromatic heterocycles. The fourth-order valence-corrected chi connectivity index (χ4v) is 2.65. The standard InChI is InChI=1S/C18H27N7O9/c19-9(1-2-14(28)29)15(30)25-12(6-26)17(32)23-10(4-13(20)27)16(31)24-11(18(33)34)3-8-5-21-7-22-8/h5,7,9-12,26H,1-4,6,19H2,(H2,20,27)(H,21,22)(H,23,32)(H,24,31)(H,25,30)(H,28,29)(H,33,34). The Morgan fingerprint density at radius 3 is 2.06 bits per heavy atom. The van der Waals surface area contributed by atoms with E-state index in [2.05, 4.69) is 25.9 Å². The van der Waals surface area contributed by atoms with E-state index in [0.29, 0.717) is 5.69 Å². The second-order valence-electron chi connectivity index (χ2n) is 7.19. The molecule has 0 aliphatic carbocycles. The minimum Gasteiger partial charge on any atom is -0.481 e. The van der Waals surface area contributed by atoms with Gasteiger partial charge in [-0.3, -0.25) is 24.0 Å². The molecule has 0 bridgehead atoms. The maximum absolute atomic E-state index is 12.6. The number of nitrogens with two attached hydrogens (primary N) is 2. The van der Waals surface area contributed by atoms with Gasteiger partial charge in [0.05, 0.1) is 25.4 Å². The molecule has 0 saturated carbocycles. The molecule has 16 nitrogen and oxygen atoms in total. The predicted octanol–water partition coefficient (Wildman–Crippen LogP) is -4.45. The average molecular weight is 485 g/mol. The lowest BCUT2D eigenvalue weighted by atomic mass is 10.1. The zero-order chi connectivity index (χ0) is 25.8. The number of amides is 4. The molecule has 1 aromatic rings. The molecule has 4 amide bonds. The Hall–Kier alpha value is -4.05. The number of nitrogens with one attached hydrogen (secondary N) is 4. The third-order valence-electron chi connectivity index (χ3n) is 4.45. The van der Waals surface area contributed by atoms with Gasteiger partial charge in [0, 0.05) is 24.7 Å². The number of aliphatic carboxylic acids is 2. The molecular weight excluding hydrogens is 458 g/mol. The van der Waals surface area contributed by atoms with Gasteiger partial charge in [-0.2, -0.15) is 0 Å². The second-order valence-corrected chi connectivity index (χ2v) is 7.19. The molecule has 0 radical (unpaired) electrons. The fourth-order valence-electron chi connectivity index (χ4n) is 2.65. The first-order valence-electron chi connectivity index (χ1n) is 9.92. The molecule has 0 aliphatic rings. The monoisotopic (exact) mass is 485 g/mol. The van der Waals surface area contributed by atoms with Crippen molar-refractivity contribution in [2.24, 2.45) is 11.5 Å². The van der Waals surface area contributed by atoms with Crippen LogP contribution in [0.3, 0.4) is 0 Å². The molecule has 4 atom stereocenters. The van der Waals surface area contributed by atoms with Gasteiger partial charge in [-0.05, 0) is 6.42 Å². The summed E-state index contributed by atoms with van der Waals surface area (Å²) < 4.78 is 0.